The normalized spacial score (nSPS) is 12.2. The highest BCUT2D eigenvalue weighted by Gasteiger charge is 2.19. The lowest BCUT2D eigenvalue weighted by Gasteiger charge is -2.22. The molecule has 1 atom stereocenters. The predicted octanol–water partition coefficient (Wildman–Crippen LogP) is 4.15. The van der Waals surface area contributed by atoms with E-state index in [1.807, 2.05) is 46.0 Å². The number of hydrogen-bond donors (Lipinski definition) is 1. The molecule has 21 heavy (non-hydrogen) atoms. The van der Waals surface area contributed by atoms with Crippen LogP contribution in [0.25, 0.3) is 0 Å². The maximum Gasteiger partial charge on any atom is 0.124 e. The van der Waals surface area contributed by atoms with Crippen LogP contribution in [0, 0.1) is 19.7 Å². The van der Waals surface area contributed by atoms with Gasteiger partial charge in [0.1, 0.15) is 11.6 Å². The zero-order chi connectivity index (χ0) is 15.4. The minimum Gasteiger partial charge on any atom is -0.494 e. The standard InChI is InChI=1S/C18H22FNO/c1-5-21-17-9-6-12(2)10-16(17)18(20-4)15-11-14(19)8-7-13(15)3/h6-11,18,20H,5H2,1-4H3. The van der Waals surface area contributed by atoms with Crippen LogP contribution in [-0.4, -0.2) is 13.7 Å². The van der Waals surface area contributed by atoms with Gasteiger partial charge in [-0.2, -0.15) is 0 Å². The summed E-state index contributed by atoms with van der Waals surface area (Å²) in [6, 6.07) is 10.9. The first-order valence-corrected chi connectivity index (χ1v) is 7.23. The van der Waals surface area contributed by atoms with Gasteiger partial charge in [-0.3, -0.25) is 0 Å². The molecule has 2 aromatic carbocycles. The van der Waals surface area contributed by atoms with Gasteiger partial charge < -0.3 is 10.1 Å². The minimum atomic E-state index is -0.221. The van der Waals surface area contributed by atoms with Gasteiger partial charge in [0.25, 0.3) is 0 Å². The van der Waals surface area contributed by atoms with Crippen molar-refractivity contribution in [2.24, 2.45) is 0 Å². The number of nitrogens with one attached hydrogen (secondary N) is 1. The molecule has 0 aliphatic heterocycles. The number of halogens is 1. The van der Waals surface area contributed by atoms with Gasteiger partial charge in [0.05, 0.1) is 12.6 Å². The summed E-state index contributed by atoms with van der Waals surface area (Å²) >= 11 is 0. The molecule has 2 nitrogen and oxygen atoms in total. The lowest BCUT2D eigenvalue weighted by Crippen LogP contribution is -2.20. The molecule has 1 N–H and O–H groups in total. The molecule has 0 fully saturated rings. The molecule has 112 valence electrons. The van der Waals surface area contributed by atoms with Crippen LogP contribution in [0.15, 0.2) is 36.4 Å². The Morgan fingerprint density at radius 2 is 1.86 bits per heavy atom. The molecule has 0 aliphatic rings. The van der Waals surface area contributed by atoms with Gasteiger partial charge in [-0.1, -0.05) is 23.8 Å². The largest absolute Gasteiger partial charge is 0.494 e. The fourth-order valence-corrected chi connectivity index (χ4v) is 2.58. The third kappa shape index (κ3) is 3.42. The third-order valence-electron chi connectivity index (χ3n) is 3.62. The zero-order valence-electron chi connectivity index (χ0n) is 13.0. The van der Waals surface area contributed by atoms with Gasteiger partial charge in [-0.05, 0) is 57.1 Å². The minimum absolute atomic E-state index is 0.0952. The Balaban J connectivity index is 2.55. The van der Waals surface area contributed by atoms with E-state index in [0.717, 1.165) is 28.0 Å². The average Bonchev–Trinajstić information content (AvgIpc) is 2.46. The van der Waals surface area contributed by atoms with Gasteiger partial charge in [0, 0.05) is 5.56 Å². The third-order valence-corrected chi connectivity index (χ3v) is 3.62. The van der Waals surface area contributed by atoms with Crippen molar-refractivity contribution in [3.63, 3.8) is 0 Å². The van der Waals surface area contributed by atoms with E-state index in [0.29, 0.717) is 6.61 Å². The maximum absolute atomic E-state index is 13.6. The molecule has 3 heteroatoms. The number of ether oxygens (including phenoxy) is 1. The van der Waals surface area contributed by atoms with Crippen LogP contribution in [0.1, 0.15) is 35.2 Å². The highest BCUT2D eigenvalue weighted by atomic mass is 19.1. The van der Waals surface area contributed by atoms with E-state index in [4.69, 9.17) is 4.74 Å². The van der Waals surface area contributed by atoms with Crippen molar-refractivity contribution in [1.82, 2.24) is 5.32 Å². The molecule has 0 radical (unpaired) electrons. The molecular formula is C18H22FNO. The predicted molar refractivity (Wildman–Crippen MR) is 84.4 cm³/mol. The first kappa shape index (κ1) is 15.5. The first-order valence-electron chi connectivity index (χ1n) is 7.23. The average molecular weight is 287 g/mol. The summed E-state index contributed by atoms with van der Waals surface area (Å²) in [6.45, 7) is 6.61. The molecule has 0 saturated carbocycles. The van der Waals surface area contributed by atoms with Crippen LogP contribution in [0.2, 0.25) is 0 Å². The zero-order valence-corrected chi connectivity index (χ0v) is 13.0. The second-order valence-electron chi connectivity index (χ2n) is 5.20. The summed E-state index contributed by atoms with van der Waals surface area (Å²) < 4.78 is 19.4. The van der Waals surface area contributed by atoms with Crippen LogP contribution in [0.3, 0.4) is 0 Å². The maximum atomic E-state index is 13.6. The highest BCUT2D eigenvalue weighted by Crippen LogP contribution is 2.32. The SMILES string of the molecule is CCOc1ccc(C)cc1C(NC)c1cc(F)ccc1C. The van der Waals surface area contributed by atoms with Crippen molar-refractivity contribution >= 4 is 0 Å². The van der Waals surface area contributed by atoms with Gasteiger partial charge in [0.15, 0.2) is 0 Å². The number of aryl methyl sites for hydroxylation is 2. The Labute approximate surface area is 126 Å². The molecule has 0 aromatic heterocycles. The lowest BCUT2D eigenvalue weighted by atomic mass is 9.93. The second-order valence-corrected chi connectivity index (χ2v) is 5.20. The van der Waals surface area contributed by atoms with E-state index >= 15 is 0 Å². The van der Waals surface area contributed by atoms with Crippen molar-refractivity contribution in [2.75, 3.05) is 13.7 Å². The van der Waals surface area contributed by atoms with E-state index in [9.17, 15) is 4.39 Å². The molecular weight excluding hydrogens is 265 g/mol. The van der Waals surface area contributed by atoms with E-state index in [1.54, 1.807) is 6.07 Å². The lowest BCUT2D eigenvalue weighted by molar-refractivity contribution is 0.334. The Bertz CT molecular complexity index is 625. The number of benzene rings is 2. The number of rotatable bonds is 5. The van der Waals surface area contributed by atoms with Gasteiger partial charge >= 0.3 is 0 Å². The summed E-state index contributed by atoms with van der Waals surface area (Å²) in [4.78, 5) is 0. The number of hydrogen-bond acceptors (Lipinski definition) is 2. The van der Waals surface area contributed by atoms with Crippen molar-refractivity contribution in [3.8, 4) is 5.75 Å². The van der Waals surface area contributed by atoms with Crippen LogP contribution in [0.4, 0.5) is 4.39 Å². The summed E-state index contributed by atoms with van der Waals surface area (Å²) in [7, 11) is 1.88. The smallest absolute Gasteiger partial charge is 0.124 e. The summed E-state index contributed by atoms with van der Waals surface area (Å²) in [5, 5.41) is 3.28. The summed E-state index contributed by atoms with van der Waals surface area (Å²) in [6.07, 6.45) is 0. The van der Waals surface area contributed by atoms with E-state index < -0.39 is 0 Å². The monoisotopic (exact) mass is 287 g/mol. The van der Waals surface area contributed by atoms with Gasteiger partial charge in [-0.25, -0.2) is 4.39 Å². The Morgan fingerprint density at radius 1 is 1.10 bits per heavy atom. The Kier molecular flexibility index (Phi) is 4.97. The van der Waals surface area contributed by atoms with Crippen molar-refractivity contribution in [3.05, 3.63) is 64.5 Å². The van der Waals surface area contributed by atoms with Crippen LogP contribution in [-0.2, 0) is 0 Å². The molecule has 2 aromatic rings. The van der Waals surface area contributed by atoms with Crippen molar-refractivity contribution in [2.45, 2.75) is 26.8 Å². The van der Waals surface area contributed by atoms with Crippen LogP contribution < -0.4 is 10.1 Å². The van der Waals surface area contributed by atoms with Crippen LogP contribution in [0.5, 0.6) is 5.75 Å². The second kappa shape index (κ2) is 6.72. The van der Waals surface area contributed by atoms with E-state index in [1.165, 1.54) is 6.07 Å². The molecule has 0 spiro atoms. The molecule has 0 bridgehead atoms. The molecule has 0 saturated heterocycles. The molecule has 0 amide bonds. The van der Waals surface area contributed by atoms with E-state index in [-0.39, 0.29) is 11.9 Å². The van der Waals surface area contributed by atoms with Gasteiger partial charge in [0.2, 0.25) is 0 Å². The molecule has 0 heterocycles. The quantitative estimate of drug-likeness (QED) is 0.892. The first-order chi connectivity index (χ1) is 10.1. The molecule has 2 rings (SSSR count). The van der Waals surface area contributed by atoms with E-state index in [2.05, 4.69) is 11.4 Å². The van der Waals surface area contributed by atoms with Crippen LogP contribution >= 0.6 is 0 Å². The Hall–Kier alpha value is -1.87. The topological polar surface area (TPSA) is 21.3 Å². The van der Waals surface area contributed by atoms with Gasteiger partial charge in [-0.15, -0.1) is 0 Å². The highest BCUT2D eigenvalue weighted by molar-refractivity contribution is 5.45. The molecule has 0 aliphatic carbocycles. The fraction of sp³-hybridized carbons (Fsp3) is 0.333. The van der Waals surface area contributed by atoms with Crippen molar-refractivity contribution < 1.29 is 9.13 Å². The summed E-state index contributed by atoms with van der Waals surface area (Å²) in [5.41, 5.74) is 4.18. The summed E-state index contributed by atoms with van der Waals surface area (Å²) in [5.74, 6) is 0.618. The fourth-order valence-electron chi connectivity index (χ4n) is 2.58. The van der Waals surface area contributed by atoms with Crippen molar-refractivity contribution in [1.29, 1.82) is 0 Å². The Morgan fingerprint density at radius 3 is 2.52 bits per heavy atom. The molecule has 1 unspecified atom stereocenters.